The van der Waals surface area contributed by atoms with Crippen LogP contribution < -0.4 is 4.90 Å². The third-order valence-corrected chi connectivity index (χ3v) is 5.21. The molecule has 0 N–H and O–H groups in total. The van der Waals surface area contributed by atoms with Crippen molar-refractivity contribution in [2.45, 2.75) is 6.54 Å². The van der Waals surface area contributed by atoms with E-state index in [-0.39, 0.29) is 5.97 Å². The van der Waals surface area contributed by atoms with Gasteiger partial charge in [-0.25, -0.2) is 9.78 Å². The molecule has 1 saturated heterocycles. The number of anilines is 1. The summed E-state index contributed by atoms with van der Waals surface area (Å²) in [4.78, 5) is 21.0. The minimum absolute atomic E-state index is 0.313. The fraction of sp³-hybridized carbons (Fsp3) is 0.333. The van der Waals surface area contributed by atoms with E-state index in [1.807, 2.05) is 18.3 Å². The molecule has 3 heterocycles. The molecule has 1 aromatic carbocycles. The van der Waals surface area contributed by atoms with E-state index in [1.54, 1.807) is 12.1 Å². The number of ether oxygens (including phenoxy) is 1. The number of pyridine rings is 1. The molecule has 0 aliphatic carbocycles. The molecule has 1 aliphatic rings. The van der Waals surface area contributed by atoms with E-state index >= 15 is 0 Å². The highest BCUT2D eigenvalue weighted by Gasteiger charge is 2.17. The molecule has 0 saturated carbocycles. The predicted molar refractivity (Wildman–Crippen MR) is 106 cm³/mol. The first-order valence-electron chi connectivity index (χ1n) is 9.20. The molecular weight excluding hydrogens is 340 g/mol. The molecule has 140 valence electrons. The van der Waals surface area contributed by atoms with Gasteiger partial charge >= 0.3 is 5.97 Å². The molecule has 0 amide bonds. The summed E-state index contributed by atoms with van der Waals surface area (Å²) in [6.07, 6.45) is 3.98. The van der Waals surface area contributed by atoms with Gasteiger partial charge in [-0.05, 0) is 36.9 Å². The molecule has 2 aromatic heterocycles. The summed E-state index contributed by atoms with van der Waals surface area (Å²) < 4.78 is 6.91. The van der Waals surface area contributed by atoms with Gasteiger partial charge in [0.25, 0.3) is 0 Å². The highest BCUT2D eigenvalue weighted by molar-refractivity contribution is 5.90. The van der Waals surface area contributed by atoms with E-state index in [2.05, 4.69) is 44.7 Å². The second-order valence-corrected chi connectivity index (χ2v) is 6.99. The molecule has 6 heteroatoms. The maximum atomic E-state index is 11.6. The van der Waals surface area contributed by atoms with Gasteiger partial charge in [0.1, 0.15) is 5.65 Å². The van der Waals surface area contributed by atoms with Gasteiger partial charge in [0, 0.05) is 56.2 Å². The Labute approximate surface area is 159 Å². The molecule has 0 radical (unpaired) electrons. The maximum Gasteiger partial charge on any atom is 0.337 e. The Hall–Kier alpha value is -2.86. The van der Waals surface area contributed by atoms with E-state index < -0.39 is 0 Å². The van der Waals surface area contributed by atoms with Crippen molar-refractivity contribution in [3.63, 3.8) is 0 Å². The van der Waals surface area contributed by atoms with Gasteiger partial charge < -0.3 is 19.1 Å². The Kier molecular flexibility index (Phi) is 4.81. The highest BCUT2D eigenvalue weighted by atomic mass is 16.5. The summed E-state index contributed by atoms with van der Waals surface area (Å²) >= 11 is 0. The van der Waals surface area contributed by atoms with Crippen molar-refractivity contribution in [1.29, 1.82) is 0 Å². The van der Waals surface area contributed by atoms with Gasteiger partial charge in [-0.3, -0.25) is 0 Å². The molecule has 1 aliphatic heterocycles. The number of carbonyl (C=O) groups is 1. The molecule has 4 rings (SSSR count). The second-order valence-electron chi connectivity index (χ2n) is 6.99. The molecule has 3 aromatic rings. The SMILES string of the molecule is COC(=O)c1ccc(Cn2ccc3c(N4CCN(C)CC4)ccnc32)cc1. The number of benzene rings is 1. The van der Waals surface area contributed by atoms with E-state index in [4.69, 9.17) is 4.74 Å². The Bertz CT molecular complexity index is 940. The van der Waals surface area contributed by atoms with Crippen LogP contribution in [0.5, 0.6) is 0 Å². The van der Waals surface area contributed by atoms with Gasteiger partial charge in [0.05, 0.1) is 12.7 Å². The summed E-state index contributed by atoms with van der Waals surface area (Å²) in [6.45, 7) is 4.95. The van der Waals surface area contributed by atoms with Gasteiger partial charge in [-0.15, -0.1) is 0 Å². The summed E-state index contributed by atoms with van der Waals surface area (Å²) in [7, 11) is 3.56. The zero-order valence-corrected chi connectivity index (χ0v) is 15.8. The fourth-order valence-corrected chi connectivity index (χ4v) is 3.59. The summed E-state index contributed by atoms with van der Waals surface area (Å²) in [5.41, 5.74) is 3.93. The van der Waals surface area contributed by atoms with Crippen LogP contribution in [-0.2, 0) is 11.3 Å². The average molecular weight is 364 g/mol. The van der Waals surface area contributed by atoms with Crippen molar-refractivity contribution >= 4 is 22.7 Å². The lowest BCUT2D eigenvalue weighted by Crippen LogP contribution is -2.44. The van der Waals surface area contributed by atoms with Gasteiger partial charge in [-0.2, -0.15) is 0 Å². The quantitative estimate of drug-likeness (QED) is 0.666. The van der Waals surface area contributed by atoms with Crippen LogP contribution >= 0.6 is 0 Å². The van der Waals surface area contributed by atoms with Crippen LogP contribution in [0.25, 0.3) is 11.0 Å². The van der Waals surface area contributed by atoms with Crippen LogP contribution in [-0.4, -0.2) is 60.8 Å². The van der Waals surface area contributed by atoms with Crippen LogP contribution in [0.4, 0.5) is 5.69 Å². The number of carbonyl (C=O) groups excluding carboxylic acids is 1. The Balaban J connectivity index is 1.58. The monoisotopic (exact) mass is 364 g/mol. The van der Waals surface area contributed by atoms with Crippen LogP contribution in [0.3, 0.4) is 0 Å². The van der Waals surface area contributed by atoms with Gasteiger partial charge in [0.15, 0.2) is 0 Å². The second kappa shape index (κ2) is 7.40. The lowest BCUT2D eigenvalue weighted by molar-refractivity contribution is 0.0600. The van der Waals surface area contributed by atoms with Crippen molar-refractivity contribution in [3.8, 4) is 0 Å². The number of rotatable bonds is 4. The number of esters is 1. The molecule has 0 spiro atoms. The van der Waals surface area contributed by atoms with Gasteiger partial charge in [-0.1, -0.05) is 12.1 Å². The maximum absolute atomic E-state index is 11.6. The van der Waals surface area contributed by atoms with Crippen molar-refractivity contribution < 1.29 is 9.53 Å². The third-order valence-electron chi connectivity index (χ3n) is 5.21. The summed E-state index contributed by atoms with van der Waals surface area (Å²) in [6, 6.07) is 11.8. The molecule has 0 atom stereocenters. The Morgan fingerprint density at radius 3 is 2.52 bits per heavy atom. The molecule has 27 heavy (non-hydrogen) atoms. The first-order valence-corrected chi connectivity index (χ1v) is 9.20. The number of piperazine rings is 1. The van der Waals surface area contributed by atoms with Crippen molar-refractivity contribution in [2.75, 3.05) is 45.2 Å². The predicted octanol–water partition coefficient (Wildman–Crippen LogP) is 2.62. The molecule has 6 nitrogen and oxygen atoms in total. The number of hydrogen-bond donors (Lipinski definition) is 0. The lowest BCUT2D eigenvalue weighted by Gasteiger charge is -2.34. The Morgan fingerprint density at radius 2 is 1.81 bits per heavy atom. The average Bonchev–Trinajstić information content (AvgIpc) is 3.11. The van der Waals surface area contributed by atoms with Crippen molar-refractivity contribution in [1.82, 2.24) is 14.5 Å². The smallest absolute Gasteiger partial charge is 0.337 e. The number of methoxy groups -OCH3 is 1. The lowest BCUT2D eigenvalue weighted by atomic mass is 10.1. The normalized spacial score (nSPS) is 15.3. The molecular formula is C21H24N4O2. The Morgan fingerprint density at radius 1 is 1.07 bits per heavy atom. The van der Waals surface area contributed by atoms with E-state index in [0.717, 1.165) is 37.4 Å². The number of likely N-dealkylation sites (N-methyl/N-ethyl adjacent to an activating group) is 1. The van der Waals surface area contributed by atoms with E-state index in [9.17, 15) is 4.79 Å². The number of fused-ring (bicyclic) bond motifs is 1. The molecule has 0 unspecified atom stereocenters. The minimum Gasteiger partial charge on any atom is -0.465 e. The summed E-state index contributed by atoms with van der Waals surface area (Å²) in [5, 5.41) is 1.19. The van der Waals surface area contributed by atoms with E-state index in [0.29, 0.717) is 12.1 Å². The zero-order valence-electron chi connectivity index (χ0n) is 15.8. The standard InChI is InChI=1S/C21H24N4O2/c1-23-11-13-24(14-12-23)19-7-9-22-20-18(19)8-10-25(20)15-16-3-5-17(6-4-16)21(26)27-2/h3-10H,11-15H2,1-2H3. The molecule has 0 bridgehead atoms. The van der Waals surface area contributed by atoms with Crippen LogP contribution in [0.2, 0.25) is 0 Å². The van der Waals surface area contributed by atoms with Crippen LogP contribution in [0.1, 0.15) is 15.9 Å². The largest absolute Gasteiger partial charge is 0.465 e. The number of hydrogen-bond acceptors (Lipinski definition) is 5. The first-order chi connectivity index (χ1) is 13.2. The van der Waals surface area contributed by atoms with E-state index in [1.165, 1.54) is 18.2 Å². The topological polar surface area (TPSA) is 50.6 Å². The summed E-state index contributed by atoms with van der Waals surface area (Å²) in [5.74, 6) is -0.313. The fourth-order valence-electron chi connectivity index (χ4n) is 3.59. The number of nitrogens with zero attached hydrogens (tertiary/aromatic N) is 4. The van der Waals surface area contributed by atoms with Gasteiger partial charge in [0.2, 0.25) is 0 Å². The zero-order chi connectivity index (χ0) is 18.8. The third kappa shape index (κ3) is 3.53. The minimum atomic E-state index is -0.313. The molecule has 1 fully saturated rings. The van der Waals surface area contributed by atoms with Crippen molar-refractivity contribution in [3.05, 3.63) is 59.9 Å². The first kappa shape index (κ1) is 17.5. The number of aromatic nitrogens is 2. The highest BCUT2D eigenvalue weighted by Crippen LogP contribution is 2.27. The van der Waals surface area contributed by atoms with Crippen LogP contribution in [0, 0.1) is 0 Å². The van der Waals surface area contributed by atoms with Crippen LogP contribution in [0.15, 0.2) is 48.8 Å². The van der Waals surface area contributed by atoms with Crippen molar-refractivity contribution in [2.24, 2.45) is 0 Å².